The number of benzene rings is 2. The average molecular weight is 345 g/mol. The molecule has 4 nitrogen and oxygen atoms in total. The number of para-hydroxylation sites is 2. The molecule has 1 aliphatic heterocycles. The molecule has 1 aliphatic rings. The zero-order valence-corrected chi connectivity index (χ0v) is 14.4. The Morgan fingerprint density at radius 1 is 1.29 bits per heavy atom. The van der Waals surface area contributed by atoms with Gasteiger partial charge in [0.05, 0.1) is 19.2 Å². The van der Waals surface area contributed by atoms with E-state index < -0.39 is 0 Å². The number of anilines is 1. The highest BCUT2D eigenvalue weighted by atomic mass is 35.5. The summed E-state index contributed by atoms with van der Waals surface area (Å²) in [4.78, 5) is 14.5. The molecule has 2 aromatic carbocycles. The molecular formula is C19H21ClN2O2. The summed E-state index contributed by atoms with van der Waals surface area (Å²) in [7, 11) is 1.68. The minimum atomic E-state index is 0.0316. The Kier molecular flexibility index (Phi) is 5.26. The van der Waals surface area contributed by atoms with Gasteiger partial charge in [0.1, 0.15) is 5.75 Å². The topological polar surface area (TPSA) is 41.6 Å². The van der Waals surface area contributed by atoms with Crippen LogP contribution in [-0.4, -0.2) is 32.1 Å². The predicted molar refractivity (Wildman–Crippen MR) is 96.9 cm³/mol. The number of nitrogens with one attached hydrogen (secondary N) is 1. The van der Waals surface area contributed by atoms with Crippen LogP contribution in [0, 0.1) is 0 Å². The van der Waals surface area contributed by atoms with Gasteiger partial charge in [-0.1, -0.05) is 35.9 Å². The number of ether oxygens (including phenoxy) is 1. The number of hydrogen-bond donors (Lipinski definition) is 1. The molecule has 1 atom stereocenters. The molecule has 1 N–H and O–H groups in total. The van der Waals surface area contributed by atoms with Crippen molar-refractivity contribution >= 4 is 23.2 Å². The fraction of sp³-hybridized carbons (Fsp3) is 0.316. The van der Waals surface area contributed by atoms with Gasteiger partial charge in [-0.2, -0.15) is 0 Å². The number of carbonyl (C=O) groups excluding carboxylic acids is 1. The molecule has 0 aromatic heterocycles. The minimum absolute atomic E-state index is 0.0316. The van der Waals surface area contributed by atoms with E-state index in [1.807, 2.05) is 42.5 Å². The summed E-state index contributed by atoms with van der Waals surface area (Å²) in [5.41, 5.74) is 2.01. The highest BCUT2D eigenvalue weighted by Gasteiger charge is 2.25. The van der Waals surface area contributed by atoms with Gasteiger partial charge in [0.2, 0.25) is 5.91 Å². The lowest BCUT2D eigenvalue weighted by molar-refractivity contribution is -0.121. The van der Waals surface area contributed by atoms with Gasteiger partial charge in [-0.05, 0) is 36.2 Å². The number of rotatable bonds is 5. The van der Waals surface area contributed by atoms with Crippen molar-refractivity contribution < 1.29 is 9.53 Å². The summed E-state index contributed by atoms with van der Waals surface area (Å²) in [6.07, 6.45) is 1.28. The molecule has 126 valence electrons. The van der Waals surface area contributed by atoms with Crippen molar-refractivity contribution in [2.75, 3.05) is 25.1 Å². The second kappa shape index (κ2) is 7.58. The van der Waals surface area contributed by atoms with E-state index >= 15 is 0 Å². The average Bonchev–Trinajstić information content (AvgIpc) is 3.03. The van der Waals surface area contributed by atoms with Crippen LogP contribution in [0.1, 0.15) is 12.0 Å². The van der Waals surface area contributed by atoms with E-state index in [2.05, 4.69) is 16.3 Å². The van der Waals surface area contributed by atoms with Gasteiger partial charge in [0.25, 0.3) is 0 Å². The monoisotopic (exact) mass is 344 g/mol. The van der Waals surface area contributed by atoms with Crippen LogP contribution in [0.25, 0.3) is 0 Å². The van der Waals surface area contributed by atoms with Gasteiger partial charge in [0.15, 0.2) is 0 Å². The maximum atomic E-state index is 12.2. The molecule has 0 spiro atoms. The van der Waals surface area contributed by atoms with E-state index in [9.17, 15) is 4.79 Å². The summed E-state index contributed by atoms with van der Waals surface area (Å²) in [6.45, 7) is 1.70. The van der Waals surface area contributed by atoms with Crippen molar-refractivity contribution in [3.05, 3.63) is 59.1 Å². The first-order chi connectivity index (χ1) is 11.7. The lowest BCUT2D eigenvalue weighted by Gasteiger charge is -2.21. The van der Waals surface area contributed by atoms with Crippen molar-refractivity contribution in [1.82, 2.24) is 5.32 Å². The van der Waals surface area contributed by atoms with Crippen molar-refractivity contribution in [3.63, 3.8) is 0 Å². The molecule has 0 bridgehead atoms. The van der Waals surface area contributed by atoms with Crippen LogP contribution in [0.3, 0.4) is 0 Å². The van der Waals surface area contributed by atoms with Crippen LogP contribution in [-0.2, 0) is 11.2 Å². The predicted octanol–water partition coefficient (Wildman–Crippen LogP) is 3.29. The molecular weight excluding hydrogens is 324 g/mol. The second-order valence-corrected chi connectivity index (χ2v) is 6.41. The zero-order valence-electron chi connectivity index (χ0n) is 13.7. The van der Waals surface area contributed by atoms with Gasteiger partial charge >= 0.3 is 0 Å². The Balaban J connectivity index is 1.57. The second-order valence-electron chi connectivity index (χ2n) is 5.98. The van der Waals surface area contributed by atoms with Gasteiger partial charge in [-0.25, -0.2) is 0 Å². The molecule has 0 radical (unpaired) electrons. The summed E-state index contributed by atoms with van der Waals surface area (Å²) >= 11 is 5.96. The summed E-state index contributed by atoms with van der Waals surface area (Å²) in [5.74, 6) is 0.896. The molecule has 1 amide bonds. The van der Waals surface area contributed by atoms with Crippen molar-refractivity contribution in [2.24, 2.45) is 0 Å². The minimum Gasteiger partial charge on any atom is -0.495 e. The molecule has 1 heterocycles. The third-order valence-electron chi connectivity index (χ3n) is 4.23. The molecule has 0 saturated carbocycles. The number of hydrogen-bond acceptors (Lipinski definition) is 3. The highest BCUT2D eigenvalue weighted by molar-refractivity contribution is 6.30. The van der Waals surface area contributed by atoms with E-state index in [1.54, 1.807) is 7.11 Å². The highest BCUT2D eigenvalue weighted by Crippen LogP contribution is 2.30. The van der Waals surface area contributed by atoms with Crippen LogP contribution >= 0.6 is 11.6 Å². The van der Waals surface area contributed by atoms with E-state index in [4.69, 9.17) is 16.3 Å². The Hall–Kier alpha value is -2.20. The van der Waals surface area contributed by atoms with Gasteiger partial charge in [-0.3, -0.25) is 4.79 Å². The van der Waals surface area contributed by atoms with Crippen molar-refractivity contribution in [2.45, 2.75) is 18.9 Å². The molecule has 1 fully saturated rings. The third-order valence-corrected chi connectivity index (χ3v) is 4.47. The lowest BCUT2D eigenvalue weighted by atomic mass is 10.1. The lowest BCUT2D eigenvalue weighted by Crippen LogP contribution is -2.38. The Morgan fingerprint density at radius 2 is 2.12 bits per heavy atom. The summed E-state index contributed by atoms with van der Waals surface area (Å²) < 4.78 is 5.42. The van der Waals surface area contributed by atoms with Crippen LogP contribution in [0.4, 0.5) is 5.69 Å². The van der Waals surface area contributed by atoms with E-state index in [0.29, 0.717) is 11.4 Å². The van der Waals surface area contributed by atoms with E-state index in [1.165, 1.54) is 0 Å². The molecule has 3 rings (SSSR count). The summed E-state index contributed by atoms with van der Waals surface area (Å²) in [5, 5.41) is 3.78. The zero-order chi connectivity index (χ0) is 16.9. The number of halogens is 1. The van der Waals surface area contributed by atoms with E-state index in [0.717, 1.165) is 36.5 Å². The van der Waals surface area contributed by atoms with Gasteiger partial charge < -0.3 is 15.0 Å². The molecule has 1 saturated heterocycles. The Labute approximate surface area is 147 Å². The number of methoxy groups -OCH3 is 1. The molecule has 5 heteroatoms. The largest absolute Gasteiger partial charge is 0.495 e. The maximum Gasteiger partial charge on any atom is 0.224 e. The molecule has 24 heavy (non-hydrogen) atoms. The van der Waals surface area contributed by atoms with Crippen LogP contribution in [0.15, 0.2) is 48.5 Å². The van der Waals surface area contributed by atoms with E-state index in [-0.39, 0.29) is 11.9 Å². The quantitative estimate of drug-likeness (QED) is 0.905. The first-order valence-corrected chi connectivity index (χ1v) is 8.45. The number of carbonyl (C=O) groups is 1. The number of nitrogens with zero attached hydrogens (tertiary/aromatic N) is 1. The normalized spacial score (nSPS) is 16.9. The summed E-state index contributed by atoms with van der Waals surface area (Å²) in [6, 6.07) is 15.6. The third kappa shape index (κ3) is 4.01. The van der Waals surface area contributed by atoms with Crippen LogP contribution in [0.5, 0.6) is 5.75 Å². The van der Waals surface area contributed by atoms with Crippen molar-refractivity contribution in [3.8, 4) is 5.75 Å². The fourth-order valence-electron chi connectivity index (χ4n) is 3.10. The molecule has 2 aromatic rings. The van der Waals surface area contributed by atoms with Crippen LogP contribution < -0.4 is 15.0 Å². The van der Waals surface area contributed by atoms with Gasteiger partial charge in [0, 0.05) is 24.2 Å². The molecule has 1 unspecified atom stereocenters. The number of amides is 1. The molecule has 0 aliphatic carbocycles. The fourth-order valence-corrected chi connectivity index (χ4v) is 3.31. The van der Waals surface area contributed by atoms with Crippen LogP contribution in [0.2, 0.25) is 5.02 Å². The standard InChI is InChI=1S/C19H21ClN2O2/c1-24-18-8-3-2-7-17(18)22-10-9-16(13-22)21-19(23)12-14-5-4-6-15(20)11-14/h2-8,11,16H,9-10,12-13H2,1H3,(H,21,23). The SMILES string of the molecule is COc1ccccc1N1CCC(NC(=O)Cc2cccc(Cl)c2)C1. The van der Waals surface area contributed by atoms with Crippen molar-refractivity contribution in [1.29, 1.82) is 0 Å². The smallest absolute Gasteiger partial charge is 0.224 e. The maximum absolute atomic E-state index is 12.2. The Bertz CT molecular complexity index is 720. The van der Waals surface area contributed by atoms with Gasteiger partial charge in [-0.15, -0.1) is 0 Å². The Morgan fingerprint density at radius 3 is 2.92 bits per heavy atom. The first-order valence-electron chi connectivity index (χ1n) is 8.07. The first kappa shape index (κ1) is 16.7.